The molecule has 7 nitrogen and oxygen atoms in total. The normalized spacial score (nSPS) is 16.4. The molecule has 1 heterocycles. The summed E-state index contributed by atoms with van der Waals surface area (Å²) < 4.78 is 89.3. The second-order valence-corrected chi connectivity index (χ2v) is 9.81. The smallest absolute Gasteiger partial charge is 0.454 e. The van der Waals surface area contributed by atoms with Gasteiger partial charge in [0.2, 0.25) is 11.8 Å². The van der Waals surface area contributed by atoms with Crippen molar-refractivity contribution in [2.75, 3.05) is 10.6 Å². The van der Waals surface area contributed by atoms with Crippen LogP contribution >= 0.6 is 11.3 Å². The van der Waals surface area contributed by atoms with Gasteiger partial charge in [-0.3, -0.25) is 9.59 Å². The van der Waals surface area contributed by atoms with Crippen LogP contribution in [0.1, 0.15) is 12.0 Å². The van der Waals surface area contributed by atoms with Crippen molar-refractivity contribution in [3.8, 4) is 17.2 Å². The number of rotatable bonds is 8. The van der Waals surface area contributed by atoms with Crippen molar-refractivity contribution in [3.05, 3.63) is 71.8 Å². The van der Waals surface area contributed by atoms with Gasteiger partial charge < -0.3 is 20.1 Å². The summed E-state index contributed by atoms with van der Waals surface area (Å²) in [4.78, 5) is 28.6. The summed E-state index contributed by atoms with van der Waals surface area (Å²) in [6.07, 6.45) is -6.32. The molecule has 0 spiro atoms. The number of fused-ring (bicyclic) bond motifs is 1. The molecule has 1 aromatic heterocycles. The molecule has 40 heavy (non-hydrogen) atoms. The minimum Gasteiger partial charge on any atom is -0.454 e. The Labute approximate surface area is 225 Å². The molecule has 1 fully saturated rings. The largest absolute Gasteiger partial charge is 0.573 e. The molecular formula is C26H17F6N3O4S. The average molecular weight is 581 g/mol. The Hall–Kier alpha value is -4.33. The van der Waals surface area contributed by atoms with E-state index in [-0.39, 0.29) is 46.2 Å². The highest BCUT2D eigenvalue weighted by Gasteiger charge is 2.44. The highest BCUT2D eigenvalue weighted by atomic mass is 32.1. The Morgan fingerprint density at radius 2 is 1.77 bits per heavy atom. The Kier molecular flexibility index (Phi) is 7.27. The summed E-state index contributed by atoms with van der Waals surface area (Å²) in [5.41, 5.74) is 0.163. The molecule has 2 atom stereocenters. The Morgan fingerprint density at radius 3 is 2.50 bits per heavy atom. The molecule has 1 aliphatic rings. The number of anilines is 2. The van der Waals surface area contributed by atoms with Crippen molar-refractivity contribution in [2.24, 2.45) is 5.92 Å². The predicted molar refractivity (Wildman–Crippen MR) is 133 cm³/mol. The fourth-order valence-electron chi connectivity index (χ4n) is 3.72. The second-order valence-electron chi connectivity index (χ2n) is 8.78. The van der Waals surface area contributed by atoms with Gasteiger partial charge in [0.15, 0.2) is 16.7 Å². The van der Waals surface area contributed by atoms with Crippen molar-refractivity contribution in [3.63, 3.8) is 0 Å². The van der Waals surface area contributed by atoms with Crippen LogP contribution in [0.5, 0.6) is 17.2 Å². The zero-order chi connectivity index (χ0) is 28.6. The van der Waals surface area contributed by atoms with Crippen LogP contribution in [-0.4, -0.2) is 29.3 Å². The molecule has 5 rings (SSSR count). The number of amides is 2. The lowest BCUT2D eigenvalue weighted by atomic mass is 10.1. The number of benzene rings is 3. The third-order valence-electron chi connectivity index (χ3n) is 5.66. The summed E-state index contributed by atoms with van der Waals surface area (Å²) >= 11 is 0.995. The molecule has 0 bridgehead atoms. The van der Waals surface area contributed by atoms with Crippen molar-refractivity contribution in [2.45, 2.75) is 25.4 Å². The molecule has 0 radical (unpaired) electrons. The number of ether oxygens (including phenoxy) is 2. The first-order valence-electron chi connectivity index (χ1n) is 11.6. The van der Waals surface area contributed by atoms with E-state index in [1.54, 1.807) is 0 Å². The number of nitrogens with zero attached hydrogens (tertiary/aromatic N) is 1. The van der Waals surface area contributed by atoms with Crippen LogP contribution in [0.15, 0.2) is 54.6 Å². The number of carbonyl (C=O) groups excluding carboxylic acids is 2. The van der Waals surface area contributed by atoms with Gasteiger partial charge in [0, 0.05) is 12.1 Å². The third kappa shape index (κ3) is 6.62. The summed E-state index contributed by atoms with van der Waals surface area (Å²) in [7, 11) is 0. The molecule has 0 aliphatic heterocycles. The lowest BCUT2D eigenvalue weighted by Crippen LogP contribution is -2.18. The first-order chi connectivity index (χ1) is 18.9. The van der Waals surface area contributed by atoms with Gasteiger partial charge in [-0.2, -0.15) is 0 Å². The fraction of sp³-hybridized carbons (Fsp3) is 0.192. The number of carbonyl (C=O) groups is 2. The van der Waals surface area contributed by atoms with E-state index < -0.39 is 47.7 Å². The van der Waals surface area contributed by atoms with E-state index in [0.29, 0.717) is 4.70 Å². The molecule has 1 aliphatic carbocycles. The van der Waals surface area contributed by atoms with Gasteiger partial charge in [0.25, 0.3) is 0 Å². The minimum atomic E-state index is -4.90. The topological polar surface area (TPSA) is 89.6 Å². The number of thiazole rings is 1. The van der Waals surface area contributed by atoms with Gasteiger partial charge in [-0.25, -0.2) is 18.2 Å². The molecule has 4 aromatic rings. The average Bonchev–Trinajstić information content (AvgIpc) is 3.47. The summed E-state index contributed by atoms with van der Waals surface area (Å²) in [6, 6.07) is 10.5. The summed E-state index contributed by atoms with van der Waals surface area (Å²) in [5.74, 6) is -4.41. The van der Waals surface area contributed by atoms with Crippen molar-refractivity contribution in [1.82, 2.24) is 4.98 Å². The number of aromatic nitrogens is 1. The van der Waals surface area contributed by atoms with Gasteiger partial charge in [-0.15, -0.1) is 13.2 Å². The third-order valence-corrected chi connectivity index (χ3v) is 6.59. The highest BCUT2D eigenvalue weighted by molar-refractivity contribution is 7.22. The van der Waals surface area contributed by atoms with E-state index in [1.165, 1.54) is 24.3 Å². The van der Waals surface area contributed by atoms with Crippen molar-refractivity contribution >= 4 is 44.2 Å². The Bertz CT molecular complexity index is 1610. The van der Waals surface area contributed by atoms with Gasteiger partial charge in [0.1, 0.15) is 23.5 Å². The molecule has 3 aromatic carbocycles. The van der Waals surface area contributed by atoms with E-state index in [9.17, 15) is 35.9 Å². The number of hydrogen-bond donors (Lipinski definition) is 2. The second kappa shape index (κ2) is 10.7. The van der Waals surface area contributed by atoms with Crippen LogP contribution in [0.4, 0.5) is 37.2 Å². The molecule has 0 saturated heterocycles. The van der Waals surface area contributed by atoms with E-state index in [2.05, 4.69) is 20.4 Å². The number of hydrogen-bond acceptors (Lipinski definition) is 6. The van der Waals surface area contributed by atoms with Crippen LogP contribution in [0.2, 0.25) is 0 Å². The molecule has 2 unspecified atom stereocenters. The lowest BCUT2D eigenvalue weighted by Gasteiger charge is -2.12. The van der Waals surface area contributed by atoms with Crippen molar-refractivity contribution < 1.29 is 45.4 Å². The molecule has 2 amide bonds. The maximum Gasteiger partial charge on any atom is 0.573 e. The lowest BCUT2D eigenvalue weighted by molar-refractivity contribution is -0.274. The van der Waals surface area contributed by atoms with Crippen LogP contribution in [-0.2, 0) is 16.0 Å². The van der Waals surface area contributed by atoms with Crippen LogP contribution < -0.4 is 20.1 Å². The fourth-order valence-corrected chi connectivity index (χ4v) is 4.59. The zero-order valence-corrected chi connectivity index (χ0v) is 20.8. The first kappa shape index (κ1) is 27.2. The van der Waals surface area contributed by atoms with E-state index >= 15 is 0 Å². The van der Waals surface area contributed by atoms with Crippen LogP contribution in [0, 0.1) is 17.6 Å². The monoisotopic (exact) mass is 581 g/mol. The molecule has 2 N–H and O–H groups in total. The molecular weight excluding hydrogens is 564 g/mol. The van der Waals surface area contributed by atoms with Gasteiger partial charge in [0.05, 0.1) is 28.2 Å². The quantitative estimate of drug-likeness (QED) is 0.225. The number of halogens is 6. The molecule has 14 heteroatoms. The van der Waals surface area contributed by atoms with Crippen LogP contribution in [0.3, 0.4) is 0 Å². The molecule has 208 valence electrons. The zero-order valence-electron chi connectivity index (χ0n) is 20.0. The van der Waals surface area contributed by atoms with Gasteiger partial charge in [-0.05, 0) is 42.3 Å². The van der Waals surface area contributed by atoms with E-state index in [4.69, 9.17) is 4.74 Å². The SMILES string of the molecule is O=C(Cc1cccc(OC(F)(F)F)c1)Nc1cc(Oc2cc3nc(NC(=O)C4CC4F)sc3cc2F)ccc1F. The predicted octanol–water partition coefficient (Wildman–Crippen LogP) is 6.74. The molecule has 1 saturated carbocycles. The maximum atomic E-state index is 14.7. The number of alkyl halides is 4. The standard InChI is InChI=1S/C26H17F6N3O4S/c27-16-5-4-13(8-19(16)33-23(36)7-12-2-1-3-14(6-12)39-26(30,31)32)38-21-11-20-22(10-18(21)29)40-25(34-20)35-24(37)15-9-17(15)28/h1-6,8,10-11,15,17H,7,9H2,(H,33,36)(H,34,35,37). The van der Waals surface area contributed by atoms with E-state index in [1.807, 2.05) is 0 Å². The Morgan fingerprint density at radius 1 is 1.00 bits per heavy atom. The Balaban J connectivity index is 1.27. The van der Waals surface area contributed by atoms with Crippen molar-refractivity contribution in [1.29, 1.82) is 0 Å². The first-order valence-corrected chi connectivity index (χ1v) is 12.4. The van der Waals surface area contributed by atoms with Gasteiger partial charge in [-0.1, -0.05) is 23.5 Å². The number of nitrogens with one attached hydrogen (secondary N) is 2. The van der Waals surface area contributed by atoms with E-state index in [0.717, 1.165) is 41.7 Å². The summed E-state index contributed by atoms with van der Waals surface area (Å²) in [6.45, 7) is 0. The maximum absolute atomic E-state index is 14.7. The highest BCUT2D eigenvalue weighted by Crippen LogP contribution is 2.37. The minimum absolute atomic E-state index is 0.0398. The summed E-state index contributed by atoms with van der Waals surface area (Å²) in [5, 5.41) is 4.97. The van der Waals surface area contributed by atoms with Gasteiger partial charge >= 0.3 is 6.36 Å². The van der Waals surface area contributed by atoms with Crippen LogP contribution in [0.25, 0.3) is 10.2 Å².